The van der Waals surface area contributed by atoms with Crippen LogP contribution in [0.4, 0.5) is 0 Å². The summed E-state index contributed by atoms with van der Waals surface area (Å²) in [6.45, 7) is 4.49. The van der Waals surface area contributed by atoms with Gasteiger partial charge in [-0.15, -0.1) is 0 Å². The van der Waals surface area contributed by atoms with E-state index in [2.05, 4.69) is 73.4 Å². The van der Waals surface area contributed by atoms with Crippen molar-refractivity contribution in [2.75, 3.05) is 0 Å². The summed E-state index contributed by atoms with van der Waals surface area (Å²) in [5.41, 5.74) is 5.49. The van der Waals surface area contributed by atoms with Crippen LogP contribution in [0.15, 0.2) is 54.6 Å². The van der Waals surface area contributed by atoms with Gasteiger partial charge in [0.15, 0.2) is 0 Å². The Morgan fingerprint density at radius 1 is 0.909 bits per heavy atom. The first-order chi connectivity index (χ1) is 10.8. The molecule has 0 radical (unpaired) electrons. The van der Waals surface area contributed by atoms with E-state index in [9.17, 15) is 0 Å². The van der Waals surface area contributed by atoms with Gasteiger partial charge in [-0.1, -0.05) is 74.7 Å². The van der Waals surface area contributed by atoms with Gasteiger partial charge in [-0.3, -0.25) is 0 Å². The summed E-state index contributed by atoms with van der Waals surface area (Å²) in [4.78, 5) is 3.57. The van der Waals surface area contributed by atoms with Gasteiger partial charge in [0.1, 0.15) is 0 Å². The van der Waals surface area contributed by atoms with Crippen molar-refractivity contribution in [3.63, 3.8) is 0 Å². The second-order valence-electron chi connectivity index (χ2n) is 6.17. The number of fused-ring (bicyclic) bond motifs is 1. The summed E-state index contributed by atoms with van der Waals surface area (Å²) in [5.74, 6) is 0.490. The predicted octanol–water partition coefficient (Wildman–Crippen LogP) is 6.19. The Hall–Kier alpha value is -2.02. The van der Waals surface area contributed by atoms with Crippen LogP contribution in [0.2, 0.25) is 0 Å². The molecule has 1 aromatic heterocycles. The molecule has 0 aliphatic carbocycles. The molecule has 1 unspecified atom stereocenters. The Morgan fingerprint density at radius 3 is 2.41 bits per heavy atom. The van der Waals surface area contributed by atoms with Crippen LogP contribution in [0.5, 0.6) is 0 Å². The van der Waals surface area contributed by atoms with Crippen molar-refractivity contribution in [3.8, 4) is 0 Å². The van der Waals surface area contributed by atoms with Gasteiger partial charge in [0.25, 0.3) is 0 Å². The fraction of sp³-hybridized carbons (Fsp3) is 0.333. The lowest BCUT2D eigenvalue weighted by Gasteiger charge is -2.18. The van der Waals surface area contributed by atoms with E-state index in [0.717, 1.165) is 0 Å². The lowest BCUT2D eigenvalue weighted by atomic mass is 9.85. The minimum Gasteiger partial charge on any atom is -0.358 e. The van der Waals surface area contributed by atoms with Crippen molar-refractivity contribution in [3.05, 3.63) is 71.4 Å². The first-order valence-corrected chi connectivity index (χ1v) is 8.43. The maximum atomic E-state index is 3.57. The Balaban J connectivity index is 2.05. The number of aromatic amines is 1. The van der Waals surface area contributed by atoms with Gasteiger partial charge in [0, 0.05) is 22.5 Å². The molecule has 114 valence electrons. The second-order valence-corrected chi connectivity index (χ2v) is 6.17. The normalized spacial score (nSPS) is 12.6. The van der Waals surface area contributed by atoms with Crippen LogP contribution in [0.25, 0.3) is 10.9 Å². The number of aromatic nitrogens is 1. The molecule has 3 rings (SSSR count). The standard InChI is InChI=1S/C21H25N/c1-3-4-6-13-18(17-11-7-5-8-12-17)21-16(2)22-20-15-10-9-14-19(20)21/h5,7-12,14-15,18,22H,3-4,6,13H2,1-2H3. The highest BCUT2D eigenvalue weighted by Gasteiger charge is 2.20. The zero-order valence-electron chi connectivity index (χ0n) is 13.6. The van der Waals surface area contributed by atoms with Gasteiger partial charge < -0.3 is 4.98 Å². The van der Waals surface area contributed by atoms with E-state index in [1.54, 1.807) is 0 Å². The van der Waals surface area contributed by atoms with Crippen LogP contribution >= 0.6 is 0 Å². The first kappa shape index (κ1) is 14.9. The summed E-state index contributed by atoms with van der Waals surface area (Å²) in [6.07, 6.45) is 5.09. The largest absolute Gasteiger partial charge is 0.358 e. The van der Waals surface area contributed by atoms with Crippen LogP contribution in [-0.4, -0.2) is 4.98 Å². The molecule has 22 heavy (non-hydrogen) atoms. The number of hydrogen-bond acceptors (Lipinski definition) is 0. The fourth-order valence-corrected chi connectivity index (χ4v) is 3.51. The van der Waals surface area contributed by atoms with Crippen LogP contribution in [0.1, 0.15) is 55.3 Å². The van der Waals surface area contributed by atoms with E-state index in [4.69, 9.17) is 0 Å². The Labute approximate surface area is 133 Å². The molecule has 0 amide bonds. The van der Waals surface area contributed by atoms with Gasteiger partial charge in [0.05, 0.1) is 0 Å². The highest BCUT2D eigenvalue weighted by molar-refractivity contribution is 5.85. The molecule has 1 N–H and O–H groups in total. The average Bonchev–Trinajstić information content (AvgIpc) is 2.88. The minimum absolute atomic E-state index is 0.490. The average molecular weight is 291 g/mol. The molecule has 0 fully saturated rings. The van der Waals surface area contributed by atoms with E-state index >= 15 is 0 Å². The maximum absolute atomic E-state index is 3.57. The Morgan fingerprint density at radius 2 is 1.64 bits per heavy atom. The molecule has 0 aliphatic heterocycles. The van der Waals surface area contributed by atoms with Crippen LogP contribution in [0.3, 0.4) is 0 Å². The van der Waals surface area contributed by atoms with Gasteiger partial charge in [0.2, 0.25) is 0 Å². The van der Waals surface area contributed by atoms with Crippen molar-refractivity contribution in [2.24, 2.45) is 0 Å². The highest BCUT2D eigenvalue weighted by atomic mass is 14.7. The molecule has 2 aromatic carbocycles. The third-order valence-corrected chi connectivity index (χ3v) is 4.59. The number of H-pyrrole nitrogens is 1. The third-order valence-electron chi connectivity index (χ3n) is 4.59. The van der Waals surface area contributed by atoms with Crippen LogP contribution < -0.4 is 0 Å². The highest BCUT2D eigenvalue weighted by Crippen LogP contribution is 2.36. The molecule has 0 saturated carbocycles. The zero-order valence-corrected chi connectivity index (χ0v) is 13.6. The number of unbranched alkanes of at least 4 members (excludes halogenated alkanes) is 2. The van der Waals surface area contributed by atoms with Crippen molar-refractivity contribution < 1.29 is 0 Å². The van der Waals surface area contributed by atoms with E-state index < -0.39 is 0 Å². The number of aryl methyl sites for hydroxylation is 1. The van der Waals surface area contributed by atoms with Crippen molar-refractivity contribution in [2.45, 2.75) is 45.4 Å². The van der Waals surface area contributed by atoms with E-state index in [1.165, 1.54) is 53.4 Å². The van der Waals surface area contributed by atoms with Crippen molar-refractivity contribution >= 4 is 10.9 Å². The quantitative estimate of drug-likeness (QED) is 0.521. The van der Waals surface area contributed by atoms with E-state index in [-0.39, 0.29) is 0 Å². The molecule has 0 saturated heterocycles. The molecule has 3 aromatic rings. The lowest BCUT2D eigenvalue weighted by Crippen LogP contribution is -2.02. The third kappa shape index (κ3) is 2.94. The zero-order chi connectivity index (χ0) is 15.4. The number of para-hydroxylation sites is 1. The molecule has 1 heterocycles. The van der Waals surface area contributed by atoms with Gasteiger partial charge in [-0.25, -0.2) is 0 Å². The molecular formula is C21H25N. The van der Waals surface area contributed by atoms with Gasteiger partial charge in [-0.2, -0.15) is 0 Å². The molecular weight excluding hydrogens is 266 g/mol. The summed E-state index contributed by atoms with van der Waals surface area (Å²) in [7, 11) is 0. The molecule has 0 bridgehead atoms. The topological polar surface area (TPSA) is 15.8 Å². The smallest absolute Gasteiger partial charge is 0.0459 e. The monoisotopic (exact) mass is 291 g/mol. The van der Waals surface area contributed by atoms with Crippen molar-refractivity contribution in [1.82, 2.24) is 4.98 Å². The lowest BCUT2D eigenvalue weighted by molar-refractivity contribution is 0.619. The molecule has 1 heteroatoms. The predicted molar refractivity (Wildman–Crippen MR) is 95.5 cm³/mol. The molecule has 1 atom stereocenters. The maximum Gasteiger partial charge on any atom is 0.0459 e. The number of benzene rings is 2. The number of rotatable bonds is 6. The van der Waals surface area contributed by atoms with E-state index in [1.807, 2.05) is 0 Å². The van der Waals surface area contributed by atoms with Crippen LogP contribution in [-0.2, 0) is 0 Å². The Kier molecular flexibility index (Phi) is 4.62. The second kappa shape index (κ2) is 6.83. The number of hydrogen-bond donors (Lipinski definition) is 1. The van der Waals surface area contributed by atoms with Crippen LogP contribution in [0, 0.1) is 6.92 Å². The molecule has 0 aliphatic rings. The SMILES string of the molecule is CCCCCC(c1ccccc1)c1c(C)[nH]c2ccccc12. The number of nitrogens with one attached hydrogen (secondary N) is 1. The molecule has 0 spiro atoms. The Bertz CT molecular complexity index is 724. The summed E-state index contributed by atoms with van der Waals surface area (Å²) in [6, 6.07) is 19.7. The summed E-state index contributed by atoms with van der Waals surface area (Å²) in [5, 5.41) is 1.38. The van der Waals surface area contributed by atoms with Gasteiger partial charge >= 0.3 is 0 Å². The summed E-state index contributed by atoms with van der Waals surface area (Å²) < 4.78 is 0. The summed E-state index contributed by atoms with van der Waals surface area (Å²) >= 11 is 0. The van der Waals surface area contributed by atoms with E-state index in [0.29, 0.717) is 5.92 Å². The minimum atomic E-state index is 0.490. The fourth-order valence-electron chi connectivity index (χ4n) is 3.51. The first-order valence-electron chi connectivity index (χ1n) is 8.43. The van der Waals surface area contributed by atoms with Gasteiger partial charge in [-0.05, 0) is 30.5 Å². The van der Waals surface area contributed by atoms with Crippen molar-refractivity contribution in [1.29, 1.82) is 0 Å². The molecule has 1 nitrogen and oxygen atoms in total.